The molecule has 0 amide bonds. The topological polar surface area (TPSA) is 59.4 Å². The van der Waals surface area contributed by atoms with Crippen LogP contribution in [0, 0.1) is 5.41 Å². The van der Waals surface area contributed by atoms with Crippen molar-refractivity contribution >= 4 is 22.8 Å². The maximum absolute atomic E-state index is 11.7. The predicted molar refractivity (Wildman–Crippen MR) is 87.2 cm³/mol. The molecule has 4 heteroatoms. The van der Waals surface area contributed by atoms with Crippen molar-refractivity contribution in [3.05, 3.63) is 47.8 Å². The summed E-state index contributed by atoms with van der Waals surface area (Å²) in [5.74, 6) is -0.291. The van der Waals surface area contributed by atoms with E-state index in [4.69, 9.17) is 4.74 Å². The van der Waals surface area contributed by atoms with Crippen molar-refractivity contribution in [1.29, 1.82) is 0 Å². The Hall–Kier alpha value is -2.20. The number of hydrogen-bond donors (Lipinski definition) is 1. The number of aromatic nitrogens is 1. The smallest absolute Gasteiger partial charge is 0.315 e. The molecular formula is C18H21NO3. The van der Waals surface area contributed by atoms with E-state index in [9.17, 15) is 9.90 Å². The highest BCUT2D eigenvalue weighted by Crippen LogP contribution is 2.23. The normalized spacial score (nSPS) is 13.5. The van der Waals surface area contributed by atoms with Crippen molar-refractivity contribution < 1.29 is 14.6 Å². The maximum atomic E-state index is 11.7. The minimum Gasteiger partial charge on any atom is -0.468 e. The molecule has 0 saturated carbocycles. The first-order valence-electron chi connectivity index (χ1n) is 7.19. The number of fused-ring (bicyclic) bond motifs is 1. The number of methoxy groups -OCH3 is 1. The molecule has 2 aromatic rings. The van der Waals surface area contributed by atoms with Crippen molar-refractivity contribution in [2.45, 2.75) is 26.9 Å². The Kier molecular flexibility index (Phi) is 4.62. The van der Waals surface area contributed by atoms with Gasteiger partial charge in [0.05, 0.1) is 24.3 Å². The fraction of sp³-hybridized carbons (Fsp3) is 0.333. The first-order valence-corrected chi connectivity index (χ1v) is 7.19. The molecule has 22 heavy (non-hydrogen) atoms. The Morgan fingerprint density at radius 2 is 2.05 bits per heavy atom. The highest BCUT2D eigenvalue weighted by molar-refractivity contribution is 5.84. The van der Waals surface area contributed by atoms with Crippen molar-refractivity contribution in [3.63, 3.8) is 0 Å². The molecule has 0 fully saturated rings. The number of ether oxygens (including phenoxy) is 1. The van der Waals surface area contributed by atoms with E-state index in [1.54, 1.807) is 33.0 Å². The summed E-state index contributed by atoms with van der Waals surface area (Å²) in [4.78, 5) is 16.0. The van der Waals surface area contributed by atoms with E-state index in [1.165, 1.54) is 7.11 Å². The summed E-state index contributed by atoms with van der Waals surface area (Å²) in [5.41, 5.74) is 0.920. The van der Waals surface area contributed by atoms with Gasteiger partial charge in [0, 0.05) is 11.6 Å². The minimum absolute atomic E-state index is 0.291. The summed E-state index contributed by atoms with van der Waals surface area (Å²) < 4.78 is 4.78. The molecule has 4 nitrogen and oxygen atoms in total. The Morgan fingerprint density at radius 1 is 1.32 bits per heavy atom. The Labute approximate surface area is 130 Å². The largest absolute Gasteiger partial charge is 0.468 e. The van der Waals surface area contributed by atoms with E-state index in [-0.39, 0.29) is 5.97 Å². The summed E-state index contributed by atoms with van der Waals surface area (Å²) >= 11 is 0. The first kappa shape index (κ1) is 16.2. The van der Waals surface area contributed by atoms with Gasteiger partial charge in [-0.1, -0.05) is 18.2 Å². The van der Waals surface area contributed by atoms with Gasteiger partial charge < -0.3 is 9.84 Å². The van der Waals surface area contributed by atoms with Gasteiger partial charge >= 0.3 is 5.97 Å². The predicted octanol–water partition coefficient (Wildman–Crippen LogP) is 3.50. The summed E-state index contributed by atoms with van der Waals surface area (Å²) in [6.07, 6.45) is 4.87. The van der Waals surface area contributed by atoms with Crippen LogP contribution in [-0.4, -0.2) is 23.2 Å². The molecule has 2 rings (SSSR count). The maximum Gasteiger partial charge on any atom is 0.315 e. The van der Waals surface area contributed by atoms with Gasteiger partial charge in [0.1, 0.15) is 0 Å². The summed E-state index contributed by atoms with van der Waals surface area (Å²) in [7, 11) is 1.38. The van der Waals surface area contributed by atoms with Gasteiger partial charge in [-0.2, -0.15) is 0 Å². The molecular weight excluding hydrogens is 278 g/mol. The van der Waals surface area contributed by atoms with Gasteiger partial charge in [-0.25, -0.2) is 0 Å². The lowest BCUT2D eigenvalue weighted by Crippen LogP contribution is -2.22. The van der Waals surface area contributed by atoms with Gasteiger partial charge in [-0.3, -0.25) is 9.78 Å². The zero-order valence-corrected chi connectivity index (χ0v) is 13.3. The van der Waals surface area contributed by atoms with Gasteiger partial charge in [-0.05, 0) is 49.9 Å². The number of carbonyl (C=O) groups excluding carboxylic acids is 1. The Morgan fingerprint density at radius 3 is 2.68 bits per heavy atom. The quantitative estimate of drug-likeness (QED) is 0.878. The van der Waals surface area contributed by atoms with Crippen LogP contribution >= 0.6 is 0 Å². The van der Waals surface area contributed by atoms with E-state index in [1.807, 2.05) is 30.3 Å². The number of carbonyl (C=O) groups is 1. The fourth-order valence-corrected chi connectivity index (χ4v) is 2.15. The van der Waals surface area contributed by atoms with Gasteiger partial charge in [0.2, 0.25) is 0 Å². The number of aliphatic hydroxyl groups is 1. The van der Waals surface area contributed by atoms with E-state index >= 15 is 0 Å². The molecule has 1 unspecified atom stereocenters. The standard InChI is InChI=1S/C18H21NO3/c1-12(20)13-5-6-14-11-19-16(10-15(14)9-13)7-8-18(2,3)17(21)22-4/h5-12,20H,1-4H3. The Bertz CT molecular complexity index is 717. The lowest BCUT2D eigenvalue weighted by atomic mass is 9.93. The number of rotatable bonds is 4. The second-order valence-corrected chi connectivity index (χ2v) is 5.94. The van der Waals surface area contributed by atoms with Crippen molar-refractivity contribution in [2.75, 3.05) is 7.11 Å². The average molecular weight is 299 g/mol. The molecule has 0 aliphatic carbocycles. The van der Waals surface area contributed by atoms with Crippen LogP contribution in [0.2, 0.25) is 0 Å². The molecule has 1 aromatic heterocycles. The molecule has 0 aliphatic heterocycles. The highest BCUT2D eigenvalue weighted by atomic mass is 16.5. The molecule has 1 atom stereocenters. The van der Waals surface area contributed by atoms with Crippen LogP contribution in [0.4, 0.5) is 0 Å². The molecule has 0 saturated heterocycles. The summed E-state index contributed by atoms with van der Waals surface area (Å²) in [5, 5.41) is 11.7. The second kappa shape index (κ2) is 6.28. The average Bonchev–Trinajstić information content (AvgIpc) is 2.51. The van der Waals surface area contributed by atoms with Crippen LogP contribution in [0.3, 0.4) is 0 Å². The fourth-order valence-electron chi connectivity index (χ4n) is 2.15. The van der Waals surface area contributed by atoms with E-state index in [2.05, 4.69) is 4.98 Å². The minimum atomic E-state index is -0.702. The van der Waals surface area contributed by atoms with Crippen LogP contribution in [0.1, 0.15) is 38.1 Å². The van der Waals surface area contributed by atoms with Crippen LogP contribution in [-0.2, 0) is 9.53 Å². The number of aliphatic hydroxyl groups excluding tert-OH is 1. The summed E-state index contributed by atoms with van der Waals surface area (Å²) in [6, 6.07) is 7.72. The van der Waals surface area contributed by atoms with Gasteiger partial charge in [0.15, 0.2) is 0 Å². The van der Waals surface area contributed by atoms with Crippen molar-refractivity contribution in [1.82, 2.24) is 4.98 Å². The molecule has 0 radical (unpaired) electrons. The van der Waals surface area contributed by atoms with Crippen LogP contribution < -0.4 is 0 Å². The molecule has 0 spiro atoms. The lowest BCUT2D eigenvalue weighted by molar-refractivity contribution is -0.148. The lowest BCUT2D eigenvalue weighted by Gasteiger charge is -2.16. The molecule has 1 N–H and O–H groups in total. The number of pyridine rings is 1. The van der Waals surface area contributed by atoms with Crippen LogP contribution in [0.5, 0.6) is 0 Å². The number of nitrogens with zero attached hydrogens (tertiary/aromatic N) is 1. The van der Waals surface area contributed by atoms with E-state index in [0.29, 0.717) is 0 Å². The van der Waals surface area contributed by atoms with E-state index in [0.717, 1.165) is 22.0 Å². The summed E-state index contributed by atoms with van der Waals surface area (Å²) in [6.45, 7) is 5.33. The monoisotopic (exact) mass is 299 g/mol. The molecule has 0 aliphatic rings. The van der Waals surface area contributed by atoms with Crippen molar-refractivity contribution in [2.24, 2.45) is 5.41 Å². The molecule has 1 heterocycles. The van der Waals surface area contributed by atoms with Crippen molar-refractivity contribution in [3.8, 4) is 0 Å². The Balaban J connectivity index is 2.34. The third-order valence-electron chi connectivity index (χ3n) is 3.63. The first-order chi connectivity index (χ1) is 10.3. The third kappa shape index (κ3) is 3.52. The van der Waals surface area contributed by atoms with Gasteiger partial charge in [0.25, 0.3) is 0 Å². The third-order valence-corrected chi connectivity index (χ3v) is 3.63. The molecule has 0 bridgehead atoms. The number of esters is 1. The number of benzene rings is 1. The second-order valence-electron chi connectivity index (χ2n) is 5.94. The SMILES string of the molecule is COC(=O)C(C)(C)C=Cc1cc2cc(C(C)O)ccc2cn1. The van der Waals surface area contributed by atoms with Gasteiger partial charge in [-0.15, -0.1) is 0 Å². The molecule has 116 valence electrons. The zero-order valence-electron chi connectivity index (χ0n) is 13.3. The van der Waals surface area contributed by atoms with E-state index < -0.39 is 11.5 Å². The molecule has 1 aromatic carbocycles. The zero-order chi connectivity index (χ0) is 16.3. The number of hydrogen-bond acceptors (Lipinski definition) is 4. The highest BCUT2D eigenvalue weighted by Gasteiger charge is 2.25. The van der Waals surface area contributed by atoms with Crippen LogP contribution in [0.25, 0.3) is 16.8 Å². The van der Waals surface area contributed by atoms with Crippen LogP contribution in [0.15, 0.2) is 36.5 Å².